The number of hydrogen-bond donors (Lipinski definition) is 0. The first-order valence-electron chi connectivity index (χ1n) is 7.38. The highest BCUT2D eigenvalue weighted by Crippen LogP contribution is 2.43. The topological polar surface area (TPSA) is 73.1 Å². The minimum absolute atomic E-state index is 0.249. The fourth-order valence-corrected chi connectivity index (χ4v) is 4.86. The molecular formula is C15H15F3N2O3S. The van der Waals surface area contributed by atoms with Gasteiger partial charge in [-0.25, -0.2) is 8.42 Å². The summed E-state index contributed by atoms with van der Waals surface area (Å²) in [6.45, 7) is 0. The van der Waals surface area contributed by atoms with Crippen molar-refractivity contribution in [3.63, 3.8) is 0 Å². The highest BCUT2D eigenvalue weighted by atomic mass is 32.2. The molecule has 0 bridgehead atoms. The van der Waals surface area contributed by atoms with Crippen LogP contribution in [0.1, 0.15) is 23.2 Å². The number of aromatic nitrogens is 2. The standard InChI is InChI=1S/C15H15F3N2O3S/c16-15(17,18)12-9-24(21,22)8-11(12)14-19-13(20-23-14)7-6-10-4-2-1-3-5-10/h1-5,11-12H,6-9H2. The van der Waals surface area contributed by atoms with Gasteiger partial charge in [-0.2, -0.15) is 18.2 Å². The van der Waals surface area contributed by atoms with Crippen LogP contribution in [0.25, 0.3) is 0 Å². The van der Waals surface area contributed by atoms with E-state index in [0.717, 1.165) is 5.56 Å². The van der Waals surface area contributed by atoms with Crippen LogP contribution in [-0.2, 0) is 22.7 Å². The van der Waals surface area contributed by atoms with Crippen molar-refractivity contribution < 1.29 is 26.1 Å². The Morgan fingerprint density at radius 3 is 2.50 bits per heavy atom. The van der Waals surface area contributed by atoms with E-state index >= 15 is 0 Å². The molecule has 0 spiro atoms. The molecule has 0 radical (unpaired) electrons. The first-order chi connectivity index (χ1) is 11.2. The van der Waals surface area contributed by atoms with Crippen LogP contribution < -0.4 is 0 Å². The van der Waals surface area contributed by atoms with Crippen molar-refractivity contribution in [2.75, 3.05) is 11.5 Å². The van der Waals surface area contributed by atoms with Gasteiger partial charge in [-0.15, -0.1) is 0 Å². The summed E-state index contributed by atoms with van der Waals surface area (Å²) >= 11 is 0. The molecule has 1 aliphatic heterocycles. The number of sulfone groups is 1. The van der Waals surface area contributed by atoms with Crippen LogP contribution in [0.5, 0.6) is 0 Å². The molecule has 9 heteroatoms. The smallest absolute Gasteiger partial charge is 0.339 e. The van der Waals surface area contributed by atoms with Crippen molar-refractivity contribution in [2.45, 2.75) is 24.9 Å². The zero-order valence-electron chi connectivity index (χ0n) is 12.5. The van der Waals surface area contributed by atoms with E-state index in [2.05, 4.69) is 10.1 Å². The first kappa shape index (κ1) is 16.9. The van der Waals surface area contributed by atoms with Gasteiger partial charge in [0.05, 0.1) is 23.3 Å². The fourth-order valence-electron chi connectivity index (χ4n) is 2.83. The lowest BCUT2D eigenvalue weighted by molar-refractivity contribution is -0.172. The average molecular weight is 360 g/mol. The third-order valence-electron chi connectivity index (χ3n) is 4.05. The first-order valence-corrected chi connectivity index (χ1v) is 9.20. The largest absolute Gasteiger partial charge is 0.393 e. The maximum atomic E-state index is 13.1. The Morgan fingerprint density at radius 2 is 1.83 bits per heavy atom. The predicted octanol–water partition coefficient (Wildman–Crippen LogP) is 2.55. The molecule has 0 saturated carbocycles. The van der Waals surface area contributed by atoms with E-state index in [-0.39, 0.29) is 11.7 Å². The number of alkyl halides is 3. The predicted molar refractivity (Wildman–Crippen MR) is 79.1 cm³/mol. The molecule has 0 aliphatic carbocycles. The van der Waals surface area contributed by atoms with Gasteiger partial charge in [-0.3, -0.25) is 0 Å². The number of rotatable bonds is 4. The summed E-state index contributed by atoms with van der Waals surface area (Å²) in [7, 11) is -3.77. The van der Waals surface area contributed by atoms with E-state index in [1.54, 1.807) is 0 Å². The van der Waals surface area contributed by atoms with Gasteiger partial charge in [0.1, 0.15) is 0 Å². The molecule has 1 aliphatic rings. The molecule has 1 aromatic heterocycles. The van der Waals surface area contributed by atoms with Crippen molar-refractivity contribution in [1.29, 1.82) is 0 Å². The summed E-state index contributed by atoms with van der Waals surface area (Å²) in [5.41, 5.74) is 1.04. The summed E-state index contributed by atoms with van der Waals surface area (Å²) in [5.74, 6) is -4.83. The van der Waals surface area contributed by atoms with Crippen molar-refractivity contribution in [3.8, 4) is 0 Å². The molecule has 2 aromatic rings. The van der Waals surface area contributed by atoms with E-state index < -0.39 is 39.4 Å². The Morgan fingerprint density at radius 1 is 1.12 bits per heavy atom. The van der Waals surface area contributed by atoms with Gasteiger partial charge in [-0.1, -0.05) is 35.5 Å². The highest BCUT2D eigenvalue weighted by molar-refractivity contribution is 7.91. The Kier molecular flexibility index (Phi) is 4.37. The number of hydrogen-bond acceptors (Lipinski definition) is 5. The van der Waals surface area contributed by atoms with Crippen LogP contribution in [0.15, 0.2) is 34.9 Å². The molecule has 1 saturated heterocycles. The molecular weight excluding hydrogens is 345 g/mol. The molecule has 1 aromatic carbocycles. The maximum absolute atomic E-state index is 13.1. The van der Waals surface area contributed by atoms with Gasteiger partial charge < -0.3 is 4.52 Å². The second kappa shape index (κ2) is 6.19. The van der Waals surface area contributed by atoms with Gasteiger partial charge in [-0.05, 0) is 12.0 Å². The minimum Gasteiger partial charge on any atom is -0.339 e. The molecule has 2 atom stereocenters. The Balaban J connectivity index is 1.74. The van der Waals surface area contributed by atoms with E-state index in [4.69, 9.17) is 4.52 Å². The molecule has 2 heterocycles. The molecule has 0 amide bonds. The normalized spacial score (nSPS) is 23.5. The van der Waals surface area contributed by atoms with Crippen molar-refractivity contribution in [1.82, 2.24) is 10.1 Å². The molecule has 3 rings (SSSR count). The monoisotopic (exact) mass is 360 g/mol. The zero-order chi connectivity index (χ0) is 17.4. The van der Waals surface area contributed by atoms with Gasteiger partial charge in [0, 0.05) is 6.42 Å². The van der Waals surface area contributed by atoms with Crippen LogP contribution in [0.3, 0.4) is 0 Å². The number of aryl methyl sites for hydroxylation is 2. The summed E-state index contributed by atoms with van der Waals surface area (Å²) in [5, 5.41) is 3.69. The lowest BCUT2D eigenvalue weighted by atomic mass is 9.95. The Labute approximate surface area is 136 Å². The second-order valence-electron chi connectivity index (χ2n) is 5.87. The van der Waals surface area contributed by atoms with E-state index in [1.165, 1.54) is 0 Å². The average Bonchev–Trinajstić information content (AvgIpc) is 3.09. The van der Waals surface area contributed by atoms with Gasteiger partial charge in [0.15, 0.2) is 15.7 Å². The summed E-state index contributed by atoms with van der Waals surface area (Å²) in [4.78, 5) is 3.99. The quantitative estimate of drug-likeness (QED) is 0.838. The van der Waals surface area contributed by atoms with Crippen LogP contribution >= 0.6 is 0 Å². The Hall–Kier alpha value is -1.90. The Bertz CT molecular complexity index is 803. The van der Waals surface area contributed by atoms with Gasteiger partial charge >= 0.3 is 6.18 Å². The highest BCUT2D eigenvalue weighted by Gasteiger charge is 2.54. The van der Waals surface area contributed by atoms with Crippen molar-refractivity contribution in [3.05, 3.63) is 47.6 Å². The SMILES string of the molecule is O=S1(=O)CC(c2nc(CCc3ccccc3)no2)C(C(F)(F)F)C1. The van der Waals surface area contributed by atoms with Crippen LogP contribution in [-0.4, -0.2) is 36.2 Å². The fraction of sp³-hybridized carbons (Fsp3) is 0.467. The maximum Gasteiger partial charge on any atom is 0.393 e. The molecule has 0 N–H and O–H groups in total. The van der Waals surface area contributed by atoms with Crippen molar-refractivity contribution >= 4 is 9.84 Å². The number of benzene rings is 1. The third kappa shape index (κ3) is 3.77. The summed E-state index contributed by atoms with van der Waals surface area (Å²) < 4.78 is 67.3. The van der Waals surface area contributed by atoms with Gasteiger partial charge in [0.2, 0.25) is 5.89 Å². The zero-order valence-corrected chi connectivity index (χ0v) is 13.3. The van der Waals surface area contributed by atoms with Crippen LogP contribution in [0.4, 0.5) is 13.2 Å². The molecule has 1 fully saturated rings. The second-order valence-corrected chi connectivity index (χ2v) is 8.02. The number of nitrogens with zero attached hydrogens (tertiary/aromatic N) is 2. The molecule has 5 nitrogen and oxygen atoms in total. The van der Waals surface area contributed by atoms with Crippen molar-refractivity contribution in [2.24, 2.45) is 5.92 Å². The van der Waals surface area contributed by atoms with E-state index in [0.29, 0.717) is 12.8 Å². The lowest BCUT2D eigenvalue weighted by Gasteiger charge is -2.17. The molecule has 2 unspecified atom stereocenters. The van der Waals surface area contributed by atoms with Gasteiger partial charge in [0.25, 0.3) is 0 Å². The van der Waals surface area contributed by atoms with E-state index in [9.17, 15) is 21.6 Å². The summed E-state index contributed by atoms with van der Waals surface area (Å²) in [6, 6.07) is 9.49. The third-order valence-corrected chi connectivity index (χ3v) is 5.79. The van der Waals surface area contributed by atoms with E-state index in [1.807, 2.05) is 30.3 Å². The van der Waals surface area contributed by atoms with Crippen LogP contribution in [0, 0.1) is 5.92 Å². The minimum atomic E-state index is -4.62. The number of halogens is 3. The van der Waals surface area contributed by atoms with Crippen LogP contribution in [0.2, 0.25) is 0 Å². The molecule has 130 valence electrons. The lowest BCUT2D eigenvalue weighted by Crippen LogP contribution is -2.28. The molecule has 24 heavy (non-hydrogen) atoms. The summed E-state index contributed by atoms with van der Waals surface area (Å²) in [6.07, 6.45) is -3.60.